The van der Waals surface area contributed by atoms with E-state index in [1.807, 2.05) is 13.0 Å². The third kappa shape index (κ3) is 3.68. The molecule has 1 nitrogen and oxygen atoms in total. The largest absolute Gasteiger partial charge is 0.435 e. The first-order chi connectivity index (χ1) is 8.97. The van der Waals surface area contributed by atoms with Gasteiger partial charge in [0.1, 0.15) is 5.75 Å². The summed E-state index contributed by atoms with van der Waals surface area (Å²) in [6.45, 7) is -0.860. The van der Waals surface area contributed by atoms with Crippen LogP contribution in [0.25, 0.3) is 0 Å². The van der Waals surface area contributed by atoms with Crippen LogP contribution in [0.15, 0.2) is 34.1 Å². The molecule has 0 aliphatic rings. The minimum absolute atomic E-state index is 0.116. The molecule has 0 aliphatic carbocycles. The molecule has 0 saturated heterocycles. The number of benzene rings is 1. The Kier molecular flexibility index (Phi) is 4.81. The summed E-state index contributed by atoms with van der Waals surface area (Å²) in [7, 11) is 0. The molecule has 1 aromatic heterocycles. The van der Waals surface area contributed by atoms with Crippen molar-refractivity contribution in [2.45, 2.75) is 18.9 Å². The fraction of sp³-hybridized carbons (Fsp3) is 0.231. The molecule has 0 saturated carbocycles. The van der Waals surface area contributed by atoms with Gasteiger partial charge in [0.25, 0.3) is 0 Å². The van der Waals surface area contributed by atoms with E-state index in [0.717, 1.165) is 19.8 Å². The van der Waals surface area contributed by atoms with Crippen molar-refractivity contribution in [1.29, 1.82) is 0 Å². The molecule has 0 radical (unpaired) electrons. The topological polar surface area (TPSA) is 9.23 Å². The number of alkyl halides is 3. The fourth-order valence-electron chi connectivity index (χ4n) is 1.74. The Bertz CT molecular complexity index is 574. The van der Waals surface area contributed by atoms with Gasteiger partial charge in [0.15, 0.2) is 0 Å². The summed E-state index contributed by atoms with van der Waals surface area (Å²) >= 11 is 11.4. The van der Waals surface area contributed by atoms with E-state index < -0.39 is 6.61 Å². The Balaban J connectivity index is 2.28. The Morgan fingerprint density at radius 2 is 2.05 bits per heavy atom. The molecule has 2 aromatic rings. The van der Waals surface area contributed by atoms with Crippen LogP contribution in [-0.2, 0) is 0 Å². The highest BCUT2D eigenvalue weighted by molar-refractivity contribution is 9.11. The Morgan fingerprint density at radius 1 is 1.32 bits per heavy atom. The highest BCUT2D eigenvalue weighted by Crippen LogP contribution is 2.38. The van der Waals surface area contributed by atoms with E-state index >= 15 is 0 Å². The second-order valence-corrected chi connectivity index (χ2v) is 6.95. The summed E-state index contributed by atoms with van der Waals surface area (Å²) in [6, 6.07) is 8.41. The van der Waals surface area contributed by atoms with Crippen molar-refractivity contribution in [2.24, 2.45) is 0 Å². The number of aryl methyl sites for hydroxylation is 1. The van der Waals surface area contributed by atoms with Crippen LogP contribution >= 0.6 is 38.9 Å². The number of hydrogen-bond acceptors (Lipinski definition) is 2. The van der Waals surface area contributed by atoms with E-state index in [1.165, 1.54) is 12.1 Å². The summed E-state index contributed by atoms with van der Waals surface area (Å²) in [4.78, 5) is 1.09. The lowest BCUT2D eigenvalue weighted by Gasteiger charge is -2.12. The van der Waals surface area contributed by atoms with Crippen molar-refractivity contribution in [3.8, 4) is 5.75 Å². The van der Waals surface area contributed by atoms with Gasteiger partial charge in [0.2, 0.25) is 0 Å². The second-order valence-electron chi connectivity index (χ2n) is 3.88. The molecular weight excluding hydrogens is 358 g/mol. The normalized spacial score (nSPS) is 12.7. The third-order valence-electron chi connectivity index (χ3n) is 2.58. The maximum Gasteiger partial charge on any atom is 0.387 e. The third-order valence-corrected chi connectivity index (χ3v) is 4.63. The monoisotopic (exact) mass is 366 g/mol. The minimum atomic E-state index is -2.83. The van der Waals surface area contributed by atoms with E-state index in [0.29, 0.717) is 0 Å². The van der Waals surface area contributed by atoms with Crippen molar-refractivity contribution < 1.29 is 13.5 Å². The Labute approximate surface area is 127 Å². The number of hydrogen-bond donors (Lipinski definition) is 0. The molecule has 2 rings (SSSR count). The number of halogens is 4. The molecule has 0 spiro atoms. The van der Waals surface area contributed by atoms with Gasteiger partial charge in [-0.2, -0.15) is 8.78 Å². The van der Waals surface area contributed by atoms with E-state index in [1.54, 1.807) is 23.5 Å². The van der Waals surface area contributed by atoms with Gasteiger partial charge in [0.05, 0.1) is 9.16 Å². The van der Waals surface area contributed by atoms with E-state index in [9.17, 15) is 8.78 Å². The molecule has 0 bridgehead atoms. The second kappa shape index (κ2) is 6.20. The number of thiophene rings is 1. The highest BCUT2D eigenvalue weighted by Gasteiger charge is 2.17. The predicted octanol–water partition coefficient (Wildman–Crippen LogP) is 5.75. The summed E-state index contributed by atoms with van der Waals surface area (Å²) < 4.78 is 29.7. The van der Waals surface area contributed by atoms with Crippen LogP contribution in [0.1, 0.15) is 21.4 Å². The van der Waals surface area contributed by atoms with E-state index in [2.05, 4.69) is 20.7 Å². The molecule has 1 aromatic carbocycles. The quantitative estimate of drug-likeness (QED) is 0.625. The maximum atomic E-state index is 12.2. The first-order valence-electron chi connectivity index (χ1n) is 5.42. The number of ether oxygens (including phenoxy) is 1. The molecule has 0 fully saturated rings. The molecule has 0 amide bonds. The van der Waals surface area contributed by atoms with Gasteiger partial charge in [-0.3, -0.25) is 0 Å². The van der Waals surface area contributed by atoms with Crippen LogP contribution < -0.4 is 4.74 Å². The van der Waals surface area contributed by atoms with Gasteiger partial charge in [-0.1, -0.05) is 12.1 Å². The zero-order chi connectivity index (χ0) is 14.0. The molecule has 1 heterocycles. The van der Waals surface area contributed by atoms with Gasteiger partial charge < -0.3 is 4.74 Å². The van der Waals surface area contributed by atoms with Gasteiger partial charge in [-0.05, 0) is 52.2 Å². The summed E-state index contributed by atoms with van der Waals surface area (Å²) in [5, 5.41) is -0.385. The summed E-state index contributed by atoms with van der Waals surface area (Å²) in [5.74, 6) is 0.116. The molecule has 0 aliphatic heterocycles. The molecule has 1 atom stereocenters. The van der Waals surface area contributed by atoms with Crippen LogP contribution in [0.5, 0.6) is 5.75 Å². The van der Waals surface area contributed by atoms with E-state index in [-0.39, 0.29) is 11.1 Å². The lowest BCUT2D eigenvalue weighted by molar-refractivity contribution is -0.0498. The van der Waals surface area contributed by atoms with Crippen LogP contribution in [0, 0.1) is 6.92 Å². The molecule has 102 valence electrons. The molecule has 6 heteroatoms. The maximum absolute atomic E-state index is 12.2. The SMILES string of the molecule is Cc1sc(Br)cc1C(Cl)c1cccc(OC(F)F)c1. The molecular formula is C13H10BrClF2OS. The van der Waals surface area contributed by atoms with Crippen molar-refractivity contribution >= 4 is 38.9 Å². The molecule has 1 unspecified atom stereocenters. The Hall–Kier alpha value is -0.650. The van der Waals surface area contributed by atoms with Crippen LogP contribution in [0.2, 0.25) is 0 Å². The Morgan fingerprint density at radius 3 is 2.63 bits per heavy atom. The lowest BCUT2D eigenvalue weighted by Crippen LogP contribution is -2.02. The summed E-state index contributed by atoms with van der Waals surface area (Å²) in [6.07, 6.45) is 0. The molecule has 0 N–H and O–H groups in total. The molecule has 19 heavy (non-hydrogen) atoms. The van der Waals surface area contributed by atoms with Gasteiger partial charge in [-0.15, -0.1) is 22.9 Å². The lowest BCUT2D eigenvalue weighted by atomic mass is 10.1. The summed E-state index contributed by atoms with van der Waals surface area (Å²) in [5.41, 5.74) is 1.70. The average Bonchev–Trinajstić information content (AvgIpc) is 2.67. The van der Waals surface area contributed by atoms with Crippen molar-refractivity contribution in [2.75, 3.05) is 0 Å². The van der Waals surface area contributed by atoms with Crippen molar-refractivity contribution in [1.82, 2.24) is 0 Å². The van der Waals surface area contributed by atoms with Crippen LogP contribution in [0.3, 0.4) is 0 Å². The standard InChI is InChI=1S/C13H10BrClF2OS/c1-7-10(6-11(14)19-7)12(15)8-3-2-4-9(5-8)18-13(16)17/h2-6,12-13H,1H3. The van der Waals surface area contributed by atoms with Crippen LogP contribution in [-0.4, -0.2) is 6.61 Å². The first kappa shape index (κ1) is 14.8. The first-order valence-corrected chi connectivity index (χ1v) is 7.46. The zero-order valence-electron chi connectivity index (χ0n) is 9.87. The highest BCUT2D eigenvalue weighted by atomic mass is 79.9. The minimum Gasteiger partial charge on any atom is -0.435 e. The fourth-order valence-corrected chi connectivity index (χ4v) is 3.91. The van der Waals surface area contributed by atoms with Crippen LogP contribution in [0.4, 0.5) is 8.78 Å². The number of rotatable bonds is 4. The smallest absolute Gasteiger partial charge is 0.387 e. The van der Waals surface area contributed by atoms with Crippen molar-refractivity contribution in [3.63, 3.8) is 0 Å². The van der Waals surface area contributed by atoms with Gasteiger partial charge in [0, 0.05) is 4.88 Å². The predicted molar refractivity (Wildman–Crippen MR) is 77.5 cm³/mol. The van der Waals surface area contributed by atoms with Crippen molar-refractivity contribution in [3.05, 3.63) is 50.1 Å². The van der Waals surface area contributed by atoms with E-state index in [4.69, 9.17) is 11.6 Å². The van der Waals surface area contributed by atoms with Gasteiger partial charge >= 0.3 is 6.61 Å². The average molecular weight is 368 g/mol. The van der Waals surface area contributed by atoms with Gasteiger partial charge in [-0.25, -0.2) is 0 Å². The zero-order valence-corrected chi connectivity index (χ0v) is 13.0.